The summed E-state index contributed by atoms with van der Waals surface area (Å²) in [5, 5.41) is 15.2. The van der Waals surface area contributed by atoms with Crippen molar-refractivity contribution in [2.24, 2.45) is 5.92 Å². The molecule has 126 valence electrons. The number of amides is 2. The molecule has 0 heterocycles. The van der Waals surface area contributed by atoms with Gasteiger partial charge in [-0.3, -0.25) is 9.59 Å². The molecule has 2 rings (SSSR count). The number of carbonyl (C=O) groups is 2. The number of hydrogen-bond acceptors (Lipinski definition) is 3. The van der Waals surface area contributed by atoms with E-state index in [1.807, 2.05) is 32.9 Å². The molecule has 5 nitrogen and oxygen atoms in total. The van der Waals surface area contributed by atoms with Gasteiger partial charge in [-0.25, -0.2) is 0 Å². The summed E-state index contributed by atoms with van der Waals surface area (Å²) in [5.74, 6) is -1.17. The minimum atomic E-state index is -0.707. The maximum atomic E-state index is 12.0. The smallest absolute Gasteiger partial charge is 0.313 e. The molecule has 1 aromatic rings. The number of aryl methyl sites for hydroxylation is 3. The summed E-state index contributed by atoms with van der Waals surface area (Å²) in [6.07, 6.45) is 3.66. The lowest BCUT2D eigenvalue weighted by atomic mass is 10.0. The topological polar surface area (TPSA) is 78.4 Å². The third-order valence-electron chi connectivity index (χ3n) is 4.54. The highest BCUT2D eigenvalue weighted by Crippen LogP contribution is 2.27. The highest BCUT2D eigenvalue weighted by atomic mass is 16.3. The summed E-state index contributed by atoms with van der Waals surface area (Å²) < 4.78 is 0. The molecule has 0 spiro atoms. The Balaban J connectivity index is 1.89. The molecule has 23 heavy (non-hydrogen) atoms. The Bertz CT molecular complexity index is 569. The van der Waals surface area contributed by atoms with Crippen molar-refractivity contribution < 1.29 is 14.7 Å². The normalized spacial score (nSPS) is 16.2. The fourth-order valence-electron chi connectivity index (χ4n) is 3.33. The van der Waals surface area contributed by atoms with Gasteiger partial charge in [-0.2, -0.15) is 0 Å². The summed E-state index contributed by atoms with van der Waals surface area (Å²) in [6.45, 7) is 5.92. The van der Waals surface area contributed by atoms with E-state index in [1.165, 1.54) is 0 Å². The van der Waals surface area contributed by atoms with E-state index in [0.717, 1.165) is 42.4 Å². The SMILES string of the molecule is Cc1cc(C)c(NC(=O)C(=O)NCC(O)C2CCCC2)c(C)c1. The van der Waals surface area contributed by atoms with Gasteiger partial charge in [0, 0.05) is 12.2 Å². The van der Waals surface area contributed by atoms with E-state index in [4.69, 9.17) is 0 Å². The molecule has 0 aromatic heterocycles. The molecule has 0 radical (unpaired) electrons. The molecule has 2 amide bonds. The molecule has 1 atom stereocenters. The zero-order valence-corrected chi connectivity index (χ0v) is 14.1. The summed E-state index contributed by atoms with van der Waals surface area (Å²) in [7, 11) is 0. The van der Waals surface area contributed by atoms with Gasteiger partial charge in [0.2, 0.25) is 0 Å². The second-order valence-corrected chi connectivity index (χ2v) is 6.55. The number of aliphatic hydroxyl groups excluding tert-OH is 1. The van der Waals surface area contributed by atoms with Gasteiger partial charge in [0.15, 0.2) is 0 Å². The van der Waals surface area contributed by atoms with Crippen LogP contribution in [0.4, 0.5) is 5.69 Å². The van der Waals surface area contributed by atoms with Crippen molar-refractivity contribution in [2.75, 3.05) is 11.9 Å². The Labute approximate surface area is 137 Å². The van der Waals surface area contributed by atoms with E-state index in [2.05, 4.69) is 10.6 Å². The van der Waals surface area contributed by atoms with Gasteiger partial charge in [-0.1, -0.05) is 30.5 Å². The van der Waals surface area contributed by atoms with Crippen LogP contribution in [0.1, 0.15) is 42.4 Å². The van der Waals surface area contributed by atoms with Crippen molar-refractivity contribution in [2.45, 2.75) is 52.6 Å². The van der Waals surface area contributed by atoms with Gasteiger partial charge < -0.3 is 15.7 Å². The number of anilines is 1. The standard InChI is InChI=1S/C18H26N2O3/c1-11-8-12(2)16(13(3)9-11)20-18(23)17(22)19-10-15(21)14-6-4-5-7-14/h8-9,14-15,21H,4-7,10H2,1-3H3,(H,19,22)(H,20,23). The van der Waals surface area contributed by atoms with E-state index in [9.17, 15) is 14.7 Å². The zero-order valence-electron chi connectivity index (χ0n) is 14.1. The van der Waals surface area contributed by atoms with Crippen LogP contribution in [-0.4, -0.2) is 29.6 Å². The summed E-state index contributed by atoms with van der Waals surface area (Å²) in [5.41, 5.74) is 3.64. The molecular formula is C18H26N2O3. The van der Waals surface area contributed by atoms with E-state index in [1.54, 1.807) is 0 Å². The Kier molecular flexibility index (Phi) is 5.77. The van der Waals surface area contributed by atoms with E-state index < -0.39 is 17.9 Å². The molecule has 1 aromatic carbocycles. The highest BCUT2D eigenvalue weighted by molar-refractivity contribution is 6.39. The van der Waals surface area contributed by atoms with Gasteiger partial charge in [-0.15, -0.1) is 0 Å². The Hall–Kier alpha value is -1.88. The third kappa shape index (κ3) is 4.55. The molecule has 1 aliphatic rings. The van der Waals surface area contributed by atoms with Crippen LogP contribution >= 0.6 is 0 Å². The van der Waals surface area contributed by atoms with Crippen LogP contribution in [0.2, 0.25) is 0 Å². The van der Waals surface area contributed by atoms with Gasteiger partial charge in [-0.05, 0) is 50.7 Å². The molecular weight excluding hydrogens is 292 g/mol. The van der Waals surface area contributed by atoms with Crippen molar-refractivity contribution >= 4 is 17.5 Å². The second kappa shape index (κ2) is 7.59. The fraction of sp³-hybridized carbons (Fsp3) is 0.556. The number of rotatable bonds is 4. The van der Waals surface area contributed by atoms with Crippen molar-refractivity contribution in [1.82, 2.24) is 5.32 Å². The van der Waals surface area contributed by atoms with Crippen LogP contribution in [0.5, 0.6) is 0 Å². The minimum absolute atomic E-state index is 0.128. The monoisotopic (exact) mass is 318 g/mol. The zero-order chi connectivity index (χ0) is 17.0. The Morgan fingerprint density at radius 3 is 2.26 bits per heavy atom. The molecule has 0 aliphatic heterocycles. The lowest BCUT2D eigenvalue weighted by molar-refractivity contribution is -0.136. The van der Waals surface area contributed by atoms with E-state index >= 15 is 0 Å². The van der Waals surface area contributed by atoms with Crippen molar-refractivity contribution in [3.63, 3.8) is 0 Å². The minimum Gasteiger partial charge on any atom is -0.391 e. The molecule has 1 unspecified atom stereocenters. The number of nitrogens with one attached hydrogen (secondary N) is 2. The van der Waals surface area contributed by atoms with E-state index in [0.29, 0.717) is 5.69 Å². The van der Waals surface area contributed by atoms with Crippen LogP contribution in [-0.2, 0) is 9.59 Å². The quantitative estimate of drug-likeness (QED) is 0.745. The predicted octanol–water partition coefficient (Wildman–Crippen LogP) is 2.22. The Morgan fingerprint density at radius 1 is 1.13 bits per heavy atom. The van der Waals surface area contributed by atoms with Crippen LogP contribution in [0.3, 0.4) is 0 Å². The van der Waals surface area contributed by atoms with Crippen molar-refractivity contribution in [3.05, 3.63) is 28.8 Å². The average Bonchev–Trinajstić information content (AvgIpc) is 3.02. The molecule has 0 saturated heterocycles. The van der Waals surface area contributed by atoms with Gasteiger partial charge >= 0.3 is 11.8 Å². The molecule has 0 bridgehead atoms. The first-order valence-corrected chi connectivity index (χ1v) is 8.23. The maximum absolute atomic E-state index is 12.0. The fourth-order valence-corrected chi connectivity index (χ4v) is 3.33. The first kappa shape index (κ1) is 17.5. The van der Waals surface area contributed by atoms with Gasteiger partial charge in [0.25, 0.3) is 0 Å². The number of hydrogen-bond donors (Lipinski definition) is 3. The first-order chi connectivity index (χ1) is 10.9. The number of benzene rings is 1. The summed E-state index contributed by atoms with van der Waals surface area (Å²) in [6, 6.07) is 3.93. The van der Waals surface area contributed by atoms with Crippen molar-refractivity contribution in [3.8, 4) is 0 Å². The average molecular weight is 318 g/mol. The third-order valence-corrected chi connectivity index (χ3v) is 4.54. The summed E-state index contributed by atoms with van der Waals surface area (Å²) in [4.78, 5) is 24.0. The lowest BCUT2D eigenvalue weighted by Crippen LogP contribution is -2.41. The lowest BCUT2D eigenvalue weighted by Gasteiger charge is -2.18. The predicted molar refractivity (Wildman–Crippen MR) is 90.3 cm³/mol. The molecule has 1 aliphatic carbocycles. The molecule has 5 heteroatoms. The van der Waals surface area contributed by atoms with Crippen LogP contribution in [0.15, 0.2) is 12.1 Å². The van der Waals surface area contributed by atoms with E-state index in [-0.39, 0.29) is 12.5 Å². The number of aliphatic hydroxyl groups is 1. The highest BCUT2D eigenvalue weighted by Gasteiger charge is 2.24. The van der Waals surface area contributed by atoms with Crippen LogP contribution in [0.25, 0.3) is 0 Å². The van der Waals surface area contributed by atoms with Gasteiger partial charge in [0.1, 0.15) is 0 Å². The molecule has 1 saturated carbocycles. The van der Waals surface area contributed by atoms with Gasteiger partial charge in [0.05, 0.1) is 6.10 Å². The maximum Gasteiger partial charge on any atom is 0.313 e. The molecule has 1 fully saturated rings. The second-order valence-electron chi connectivity index (χ2n) is 6.55. The Morgan fingerprint density at radius 2 is 1.70 bits per heavy atom. The van der Waals surface area contributed by atoms with Crippen molar-refractivity contribution in [1.29, 1.82) is 0 Å². The van der Waals surface area contributed by atoms with Crippen LogP contribution < -0.4 is 10.6 Å². The molecule has 3 N–H and O–H groups in total. The van der Waals surface area contributed by atoms with Crippen LogP contribution in [0, 0.1) is 26.7 Å². The number of carbonyl (C=O) groups excluding carboxylic acids is 2. The first-order valence-electron chi connectivity index (χ1n) is 8.23. The largest absolute Gasteiger partial charge is 0.391 e. The summed E-state index contributed by atoms with van der Waals surface area (Å²) >= 11 is 0.